The van der Waals surface area contributed by atoms with Crippen LogP contribution in [0, 0.1) is 5.92 Å². The van der Waals surface area contributed by atoms with E-state index in [-0.39, 0.29) is 11.5 Å². The van der Waals surface area contributed by atoms with Crippen molar-refractivity contribution in [3.8, 4) is 17.0 Å². The summed E-state index contributed by atoms with van der Waals surface area (Å²) in [6, 6.07) is 12.3. The molecule has 1 aliphatic carbocycles. The predicted octanol–water partition coefficient (Wildman–Crippen LogP) is 5.05. The second kappa shape index (κ2) is 6.84. The van der Waals surface area contributed by atoms with Crippen LogP contribution in [0.2, 0.25) is 0 Å². The number of Topliss-reactive ketones (excluding diaryl/α,β-unsaturated/α-hetero) is 1. The van der Waals surface area contributed by atoms with E-state index in [9.17, 15) is 4.79 Å². The Morgan fingerprint density at radius 3 is 2.33 bits per heavy atom. The quantitative estimate of drug-likeness (QED) is 0.770. The Bertz CT molecular complexity index is 691. The minimum Gasteiger partial charge on any atom is -0.497 e. The zero-order valence-electron chi connectivity index (χ0n) is 14.9. The van der Waals surface area contributed by atoms with Crippen LogP contribution in [0.25, 0.3) is 11.3 Å². The van der Waals surface area contributed by atoms with Crippen molar-refractivity contribution in [1.82, 2.24) is 4.57 Å². The number of methoxy groups -OCH3 is 1. The maximum absolute atomic E-state index is 13.2. The minimum absolute atomic E-state index is 0.0502. The van der Waals surface area contributed by atoms with E-state index in [1.807, 2.05) is 26.0 Å². The van der Waals surface area contributed by atoms with Crippen LogP contribution in [0.3, 0.4) is 0 Å². The SMILES string of the molecule is COc1ccc(-c2cccn2C2(C(=O)C(C)C)CCCCC2)cc1. The first-order valence-electron chi connectivity index (χ1n) is 8.95. The first-order valence-corrected chi connectivity index (χ1v) is 8.95. The summed E-state index contributed by atoms with van der Waals surface area (Å²) in [5, 5.41) is 0. The van der Waals surface area contributed by atoms with Gasteiger partial charge in [0.2, 0.25) is 0 Å². The summed E-state index contributed by atoms with van der Waals surface area (Å²) >= 11 is 0. The third-order valence-corrected chi connectivity index (χ3v) is 5.26. The molecule has 0 aliphatic heterocycles. The molecule has 128 valence electrons. The van der Waals surface area contributed by atoms with E-state index in [1.165, 1.54) is 6.42 Å². The van der Waals surface area contributed by atoms with Crippen molar-refractivity contribution >= 4 is 5.78 Å². The zero-order valence-corrected chi connectivity index (χ0v) is 14.9. The van der Waals surface area contributed by atoms with Crippen molar-refractivity contribution in [2.75, 3.05) is 7.11 Å². The number of nitrogens with zero attached hydrogens (tertiary/aromatic N) is 1. The molecule has 1 heterocycles. The molecular formula is C21H27NO2. The fraction of sp³-hybridized carbons (Fsp3) is 0.476. The Morgan fingerprint density at radius 2 is 1.75 bits per heavy atom. The number of benzene rings is 1. The molecule has 3 heteroatoms. The van der Waals surface area contributed by atoms with Crippen molar-refractivity contribution in [2.24, 2.45) is 5.92 Å². The third-order valence-electron chi connectivity index (χ3n) is 5.26. The van der Waals surface area contributed by atoms with Gasteiger partial charge in [-0.15, -0.1) is 0 Å². The summed E-state index contributed by atoms with van der Waals surface area (Å²) in [6.45, 7) is 4.05. The molecule has 2 aromatic rings. The molecule has 0 spiro atoms. The number of ketones is 1. The highest BCUT2D eigenvalue weighted by Crippen LogP contribution is 2.41. The topological polar surface area (TPSA) is 31.2 Å². The van der Waals surface area contributed by atoms with Gasteiger partial charge in [0.1, 0.15) is 11.3 Å². The lowest BCUT2D eigenvalue weighted by atomic mass is 9.75. The van der Waals surface area contributed by atoms with E-state index < -0.39 is 0 Å². The highest BCUT2D eigenvalue weighted by Gasteiger charge is 2.42. The Morgan fingerprint density at radius 1 is 1.08 bits per heavy atom. The average Bonchev–Trinajstić information content (AvgIpc) is 3.12. The predicted molar refractivity (Wildman–Crippen MR) is 97.3 cm³/mol. The van der Waals surface area contributed by atoms with Crippen molar-refractivity contribution in [2.45, 2.75) is 51.5 Å². The summed E-state index contributed by atoms with van der Waals surface area (Å²) < 4.78 is 7.51. The van der Waals surface area contributed by atoms with Crippen LogP contribution in [0.4, 0.5) is 0 Å². The minimum atomic E-state index is -0.384. The number of carbonyl (C=O) groups is 1. The number of ether oxygens (including phenoxy) is 1. The number of hydrogen-bond acceptors (Lipinski definition) is 2. The molecule has 0 saturated heterocycles. The summed E-state index contributed by atoms with van der Waals surface area (Å²) in [7, 11) is 1.68. The number of aromatic nitrogens is 1. The Balaban J connectivity index is 2.06. The van der Waals surface area contributed by atoms with Crippen molar-refractivity contribution < 1.29 is 9.53 Å². The number of carbonyl (C=O) groups excluding carboxylic acids is 1. The first-order chi connectivity index (χ1) is 11.6. The normalized spacial score (nSPS) is 17.0. The lowest BCUT2D eigenvalue weighted by Crippen LogP contribution is -2.45. The smallest absolute Gasteiger partial charge is 0.161 e. The Hall–Kier alpha value is -2.03. The molecule has 24 heavy (non-hydrogen) atoms. The van der Waals surface area contributed by atoms with Gasteiger partial charge in [0, 0.05) is 17.8 Å². The molecular weight excluding hydrogens is 298 g/mol. The van der Waals surface area contributed by atoms with E-state index >= 15 is 0 Å². The summed E-state index contributed by atoms with van der Waals surface area (Å²) in [5.41, 5.74) is 1.86. The monoisotopic (exact) mass is 325 g/mol. The molecule has 3 nitrogen and oxygen atoms in total. The Kier molecular flexibility index (Phi) is 4.79. The van der Waals surface area contributed by atoms with Crippen molar-refractivity contribution in [3.63, 3.8) is 0 Å². The standard InChI is InChI=1S/C21H27NO2/c1-16(2)20(23)21(13-5-4-6-14-21)22-15-7-8-19(22)17-9-11-18(24-3)12-10-17/h7-12,15-16H,4-6,13-14H2,1-3H3. The van der Waals surface area contributed by atoms with E-state index in [0.717, 1.165) is 42.7 Å². The van der Waals surface area contributed by atoms with E-state index in [4.69, 9.17) is 4.74 Å². The third kappa shape index (κ3) is 2.88. The second-order valence-electron chi connectivity index (χ2n) is 7.10. The fourth-order valence-electron chi connectivity index (χ4n) is 4.03. The van der Waals surface area contributed by atoms with E-state index in [2.05, 4.69) is 35.0 Å². The van der Waals surface area contributed by atoms with Gasteiger partial charge in [-0.25, -0.2) is 0 Å². The molecule has 0 unspecified atom stereocenters. The lowest BCUT2D eigenvalue weighted by molar-refractivity contribution is -0.132. The molecule has 1 saturated carbocycles. The molecule has 0 bridgehead atoms. The molecule has 1 aromatic heterocycles. The van der Waals surface area contributed by atoms with Gasteiger partial charge >= 0.3 is 0 Å². The number of hydrogen-bond donors (Lipinski definition) is 0. The maximum Gasteiger partial charge on any atom is 0.161 e. The van der Waals surface area contributed by atoms with Crippen LogP contribution < -0.4 is 4.74 Å². The molecule has 1 fully saturated rings. The van der Waals surface area contributed by atoms with Gasteiger partial charge < -0.3 is 9.30 Å². The lowest BCUT2D eigenvalue weighted by Gasteiger charge is -2.40. The van der Waals surface area contributed by atoms with Crippen LogP contribution in [0.1, 0.15) is 46.0 Å². The molecule has 0 atom stereocenters. The molecule has 1 aromatic carbocycles. The van der Waals surface area contributed by atoms with E-state index in [1.54, 1.807) is 7.11 Å². The maximum atomic E-state index is 13.2. The van der Waals surface area contributed by atoms with Crippen LogP contribution >= 0.6 is 0 Å². The first kappa shape index (κ1) is 16.8. The van der Waals surface area contributed by atoms with Gasteiger partial charge in [-0.1, -0.05) is 33.1 Å². The van der Waals surface area contributed by atoms with Crippen LogP contribution in [-0.2, 0) is 10.3 Å². The molecule has 3 rings (SSSR count). The molecule has 0 radical (unpaired) electrons. The molecule has 0 N–H and O–H groups in total. The van der Waals surface area contributed by atoms with Gasteiger partial charge in [-0.3, -0.25) is 4.79 Å². The summed E-state index contributed by atoms with van der Waals surface area (Å²) in [5.74, 6) is 1.27. The van der Waals surface area contributed by atoms with Crippen LogP contribution in [0.5, 0.6) is 5.75 Å². The largest absolute Gasteiger partial charge is 0.497 e. The van der Waals surface area contributed by atoms with Gasteiger partial charge in [-0.05, 0) is 54.8 Å². The van der Waals surface area contributed by atoms with Gasteiger partial charge in [0.25, 0.3) is 0 Å². The number of rotatable bonds is 5. The summed E-state index contributed by atoms with van der Waals surface area (Å²) in [6.07, 6.45) is 7.46. The van der Waals surface area contributed by atoms with Crippen LogP contribution in [0.15, 0.2) is 42.6 Å². The van der Waals surface area contributed by atoms with Gasteiger partial charge in [0.15, 0.2) is 5.78 Å². The van der Waals surface area contributed by atoms with Gasteiger partial charge in [-0.2, -0.15) is 0 Å². The summed E-state index contributed by atoms with van der Waals surface area (Å²) in [4.78, 5) is 13.2. The van der Waals surface area contributed by atoms with Crippen molar-refractivity contribution in [1.29, 1.82) is 0 Å². The average molecular weight is 325 g/mol. The second-order valence-corrected chi connectivity index (χ2v) is 7.10. The fourth-order valence-corrected chi connectivity index (χ4v) is 4.03. The highest BCUT2D eigenvalue weighted by atomic mass is 16.5. The highest BCUT2D eigenvalue weighted by molar-refractivity contribution is 5.89. The van der Waals surface area contributed by atoms with E-state index in [0.29, 0.717) is 5.78 Å². The Labute approximate surface area is 144 Å². The molecule has 0 amide bonds. The van der Waals surface area contributed by atoms with Crippen molar-refractivity contribution in [3.05, 3.63) is 42.6 Å². The zero-order chi connectivity index (χ0) is 17.2. The van der Waals surface area contributed by atoms with Gasteiger partial charge in [0.05, 0.1) is 7.11 Å². The van der Waals surface area contributed by atoms with Crippen LogP contribution in [-0.4, -0.2) is 17.5 Å². The molecule has 1 aliphatic rings.